The number of anilines is 3. The maximum Gasteiger partial charge on any atom is 0.234 e. The number of nitrogens with one attached hydrogen (secondary N) is 2. The van der Waals surface area contributed by atoms with Gasteiger partial charge in [0.05, 0.1) is 6.42 Å². The van der Waals surface area contributed by atoms with Crippen molar-refractivity contribution in [2.75, 3.05) is 43.4 Å². The van der Waals surface area contributed by atoms with Crippen LogP contribution in [-0.2, 0) is 11.2 Å². The minimum Gasteiger partial charge on any atom is -0.353 e. The number of amides is 1. The number of hydrogen-bond acceptors (Lipinski definition) is 9. The van der Waals surface area contributed by atoms with Crippen LogP contribution in [0.15, 0.2) is 6.20 Å². The maximum atomic E-state index is 11.9. The van der Waals surface area contributed by atoms with Crippen molar-refractivity contribution < 1.29 is 4.79 Å². The van der Waals surface area contributed by atoms with Crippen molar-refractivity contribution in [2.24, 2.45) is 0 Å². The Morgan fingerprint density at radius 2 is 2.00 bits per heavy atom. The minimum atomic E-state index is 0.0565. The fraction of sp³-hybridized carbons (Fsp3) is 0.588. The Labute approximate surface area is 162 Å². The minimum absolute atomic E-state index is 0.0565. The smallest absolute Gasteiger partial charge is 0.234 e. The molecule has 0 aromatic carbocycles. The van der Waals surface area contributed by atoms with Crippen LogP contribution < -0.4 is 15.5 Å². The van der Waals surface area contributed by atoms with E-state index in [0.717, 1.165) is 43.9 Å². The molecular weight excluding hydrogens is 364 g/mol. The normalized spacial score (nSPS) is 17.8. The second-order valence-corrected chi connectivity index (χ2v) is 8.19. The van der Waals surface area contributed by atoms with Crippen LogP contribution in [0, 0.1) is 6.92 Å². The lowest BCUT2D eigenvalue weighted by Crippen LogP contribution is -2.45. The summed E-state index contributed by atoms with van der Waals surface area (Å²) in [6, 6.07) is 0.379. The first kappa shape index (κ1) is 18.1. The molecule has 0 atom stereocenters. The second kappa shape index (κ2) is 7.73. The molecule has 0 bridgehead atoms. The molecule has 2 aromatic rings. The molecule has 1 saturated carbocycles. The lowest BCUT2D eigenvalue weighted by Gasteiger charge is -2.32. The maximum absolute atomic E-state index is 11.9. The van der Waals surface area contributed by atoms with Crippen LogP contribution in [0.25, 0.3) is 0 Å². The Morgan fingerprint density at radius 3 is 2.74 bits per heavy atom. The van der Waals surface area contributed by atoms with Gasteiger partial charge in [0.2, 0.25) is 17.8 Å². The molecule has 0 spiro atoms. The van der Waals surface area contributed by atoms with Crippen LogP contribution in [0.1, 0.15) is 23.5 Å². The van der Waals surface area contributed by atoms with Gasteiger partial charge in [0, 0.05) is 43.3 Å². The molecule has 4 rings (SSSR count). The van der Waals surface area contributed by atoms with Crippen molar-refractivity contribution in [3.05, 3.63) is 16.9 Å². The van der Waals surface area contributed by atoms with Gasteiger partial charge >= 0.3 is 0 Å². The molecule has 1 amide bonds. The van der Waals surface area contributed by atoms with Crippen LogP contribution in [0.5, 0.6) is 0 Å². The molecule has 2 fully saturated rings. The van der Waals surface area contributed by atoms with E-state index in [1.807, 2.05) is 6.92 Å². The quantitative estimate of drug-likeness (QED) is 0.755. The van der Waals surface area contributed by atoms with Gasteiger partial charge in [-0.2, -0.15) is 15.0 Å². The molecule has 2 aromatic heterocycles. The van der Waals surface area contributed by atoms with E-state index in [1.54, 1.807) is 6.20 Å². The summed E-state index contributed by atoms with van der Waals surface area (Å²) in [5.41, 5.74) is 0. The predicted molar refractivity (Wildman–Crippen MR) is 105 cm³/mol. The topological polar surface area (TPSA) is 99.2 Å². The third-order valence-corrected chi connectivity index (χ3v) is 5.48. The zero-order valence-electron chi connectivity index (χ0n) is 15.6. The van der Waals surface area contributed by atoms with Crippen LogP contribution in [0.3, 0.4) is 0 Å². The van der Waals surface area contributed by atoms with Crippen LogP contribution in [0.4, 0.5) is 17.0 Å². The van der Waals surface area contributed by atoms with E-state index < -0.39 is 0 Å². The van der Waals surface area contributed by atoms with Crippen LogP contribution in [-0.4, -0.2) is 70.0 Å². The summed E-state index contributed by atoms with van der Waals surface area (Å²) in [5, 5.41) is 6.83. The molecule has 1 aliphatic heterocycles. The number of rotatable bonds is 6. The molecule has 144 valence electrons. The number of aryl methyl sites for hydroxylation is 1. The summed E-state index contributed by atoms with van der Waals surface area (Å²) in [4.78, 5) is 35.1. The predicted octanol–water partition coefficient (Wildman–Crippen LogP) is 0.953. The Bertz CT molecular complexity index is 813. The number of nitrogens with zero attached hydrogens (tertiary/aromatic N) is 6. The number of carbonyl (C=O) groups excluding carboxylic acids is 1. The van der Waals surface area contributed by atoms with Gasteiger partial charge < -0.3 is 15.1 Å². The van der Waals surface area contributed by atoms with E-state index in [1.165, 1.54) is 11.3 Å². The summed E-state index contributed by atoms with van der Waals surface area (Å²) >= 11 is 1.45. The summed E-state index contributed by atoms with van der Waals surface area (Å²) in [5.74, 6) is 1.90. The van der Waals surface area contributed by atoms with E-state index in [0.29, 0.717) is 35.3 Å². The largest absolute Gasteiger partial charge is 0.353 e. The molecule has 27 heavy (non-hydrogen) atoms. The van der Waals surface area contributed by atoms with Crippen molar-refractivity contribution in [1.29, 1.82) is 0 Å². The Hall–Kier alpha value is -2.33. The van der Waals surface area contributed by atoms with Gasteiger partial charge in [-0.3, -0.25) is 10.1 Å². The number of aromatic nitrogens is 4. The van der Waals surface area contributed by atoms with Gasteiger partial charge in [0.1, 0.15) is 5.82 Å². The first-order chi connectivity index (χ1) is 13.0. The van der Waals surface area contributed by atoms with Gasteiger partial charge in [-0.15, -0.1) is 11.3 Å². The van der Waals surface area contributed by atoms with Gasteiger partial charge in [-0.05, 0) is 26.8 Å². The summed E-state index contributed by atoms with van der Waals surface area (Å²) in [6.45, 7) is 5.65. The third-order valence-electron chi connectivity index (χ3n) is 4.57. The van der Waals surface area contributed by atoms with E-state index in [-0.39, 0.29) is 5.91 Å². The molecule has 9 nitrogen and oxygen atoms in total. The van der Waals surface area contributed by atoms with E-state index in [9.17, 15) is 4.79 Å². The highest BCUT2D eigenvalue weighted by atomic mass is 32.1. The zero-order valence-corrected chi connectivity index (χ0v) is 16.4. The average Bonchev–Trinajstić information content (AvgIpc) is 3.33. The second-order valence-electron chi connectivity index (χ2n) is 7.07. The zero-order chi connectivity index (χ0) is 18.8. The first-order valence-electron chi connectivity index (χ1n) is 9.22. The molecule has 2 N–H and O–H groups in total. The molecule has 0 radical (unpaired) electrons. The summed E-state index contributed by atoms with van der Waals surface area (Å²) < 4.78 is 0. The average molecular weight is 389 g/mol. The Morgan fingerprint density at radius 1 is 1.22 bits per heavy atom. The Kier molecular flexibility index (Phi) is 5.17. The standard InChI is InChI=1S/C17H24N8OS/c1-11-19-15(22-16(20-11)25-7-5-24(2)6-8-25)23-17-18-10-13(27-17)9-14(26)21-12-3-4-12/h10,12H,3-9H2,1-2H3,(H,21,26)(H,18,19,20,22,23). The third kappa shape index (κ3) is 4.89. The van der Waals surface area contributed by atoms with Crippen molar-refractivity contribution in [2.45, 2.75) is 32.2 Å². The summed E-state index contributed by atoms with van der Waals surface area (Å²) in [7, 11) is 2.12. The van der Waals surface area contributed by atoms with Crippen molar-refractivity contribution in [1.82, 2.24) is 30.2 Å². The number of likely N-dealkylation sites (N-methyl/N-ethyl adjacent to an activating group) is 1. The lowest BCUT2D eigenvalue weighted by atomic mass is 10.3. The fourth-order valence-corrected chi connectivity index (χ4v) is 3.68. The molecule has 2 aliphatic rings. The molecule has 10 heteroatoms. The van der Waals surface area contributed by atoms with Crippen LogP contribution in [0.2, 0.25) is 0 Å². The van der Waals surface area contributed by atoms with Gasteiger partial charge in [-0.25, -0.2) is 4.98 Å². The number of hydrogen-bond donors (Lipinski definition) is 2. The van der Waals surface area contributed by atoms with Crippen molar-refractivity contribution in [3.8, 4) is 0 Å². The van der Waals surface area contributed by atoms with Gasteiger partial charge in [0.25, 0.3) is 0 Å². The SMILES string of the molecule is Cc1nc(Nc2ncc(CC(=O)NC3CC3)s2)nc(N2CCN(C)CC2)n1. The fourth-order valence-electron chi connectivity index (χ4n) is 2.88. The van der Waals surface area contributed by atoms with E-state index >= 15 is 0 Å². The lowest BCUT2D eigenvalue weighted by molar-refractivity contribution is -0.120. The molecule has 1 saturated heterocycles. The first-order valence-corrected chi connectivity index (χ1v) is 10.0. The van der Waals surface area contributed by atoms with Crippen LogP contribution >= 0.6 is 11.3 Å². The van der Waals surface area contributed by atoms with E-state index in [4.69, 9.17) is 0 Å². The van der Waals surface area contributed by atoms with Crippen molar-refractivity contribution >= 4 is 34.3 Å². The molecular formula is C17H24N8OS. The molecule has 0 unspecified atom stereocenters. The van der Waals surface area contributed by atoms with Gasteiger partial charge in [0.15, 0.2) is 5.13 Å². The number of piperazine rings is 1. The monoisotopic (exact) mass is 388 g/mol. The Balaban J connectivity index is 1.40. The van der Waals surface area contributed by atoms with Crippen molar-refractivity contribution in [3.63, 3.8) is 0 Å². The highest BCUT2D eigenvalue weighted by Gasteiger charge is 2.23. The number of carbonyl (C=O) groups is 1. The molecule has 3 heterocycles. The van der Waals surface area contributed by atoms with E-state index in [2.05, 4.69) is 47.4 Å². The highest BCUT2D eigenvalue weighted by molar-refractivity contribution is 7.15. The summed E-state index contributed by atoms with van der Waals surface area (Å²) in [6.07, 6.45) is 4.28. The van der Waals surface area contributed by atoms with Gasteiger partial charge in [-0.1, -0.05) is 0 Å². The highest BCUT2D eigenvalue weighted by Crippen LogP contribution is 2.23. The molecule has 1 aliphatic carbocycles. The number of thiazole rings is 1.